The lowest BCUT2D eigenvalue weighted by Crippen LogP contribution is -2.26. The first-order chi connectivity index (χ1) is 15.7. The molecule has 1 aromatic carbocycles. The molecule has 0 amide bonds. The Morgan fingerprint density at radius 1 is 1.12 bits per heavy atom. The number of rotatable bonds is 6. The minimum absolute atomic E-state index is 0.581. The van der Waals surface area contributed by atoms with E-state index < -0.39 is 0 Å². The van der Waals surface area contributed by atoms with Gasteiger partial charge in [0.25, 0.3) is 0 Å². The first kappa shape index (κ1) is 20.5. The fourth-order valence-electron chi connectivity index (χ4n) is 3.96. The van der Waals surface area contributed by atoms with Crippen molar-refractivity contribution in [2.45, 2.75) is 13.1 Å². The normalized spacial score (nSPS) is 13.8. The summed E-state index contributed by atoms with van der Waals surface area (Å²) in [6.45, 7) is 2.94. The van der Waals surface area contributed by atoms with Gasteiger partial charge in [-0.25, -0.2) is 9.97 Å². The van der Waals surface area contributed by atoms with Crippen LogP contribution in [0.1, 0.15) is 11.3 Å². The van der Waals surface area contributed by atoms with Crippen LogP contribution in [0.3, 0.4) is 0 Å². The molecular formula is C24H24N4O3S. The number of ether oxygens (including phenoxy) is 3. The molecule has 0 radical (unpaired) electrons. The third-order valence-corrected chi connectivity index (χ3v) is 6.24. The Labute approximate surface area is 190 Å². The fraction of sp³-hybridized carbons (Fsp3) is 0.250. The summed E-state index contributed by atoms with van der Waals surface area (Å²) in [4.78, 5) is 11.4. The Hall–Kier alpha value is -3.36. The minimum atomic E-state index is 0.581. The van der Waals surface area contributed by atoms with E-state index in [4.69, 9.17) is 14.2 Å². The number of thiazole rings is 1. The molecule has 1 aliphatic rings. The number of nitrogens with zero attached hydrogens (tertiary/aromatic N) is 4. The zero-order chi connectivity index (χ0) is 21.9. The van der Waals surface area contributed by atoms with Crippen molar-refractivity contribution < 1.29 is 14.2 Å². The lowest BCUT2D eigenvalue weighted by Gasteiger charge is -2.20. The fourth-order valence-corrected chi connectivity index (χ4v) is 4.61. The summed E-state index contributed by atoms with van der Waals surface area (Å²) in [6.07, 6.45) is 3.90. The number of benzene rings is 1. The predicted molar refractivity (Wildman–Crippen MR) is 124 cm³/mol. The summed E-state index contributed by atoms with van der Waals surface area (Å²) in [5, 5.41) is 2.97. The van der Waals surface area contributed by atoms with E-state index in [0.717, 1.165) is 53.1 Å². The Balaban J connectivity index is 1.46. The maximum atomic E-state index is 6.13. The van der Waals surface area contributed by atoms with Gasteiger partial charge in [0.1, 0.15) is 6.61 Å². The molecule has 1 aliphatic heterocycles. The Morgan fingerprint density at radius 2 is 2.06 bits per heavy atom. The maximum Gasteiger partial charge on any atom is 0.213 e. The molecule has 5 rings (SSSR count). The van der Waals surface area contributed by atoms with Crippen molar-refractivity contribution in [2.75, 3.05) is 27.4 Å². The van der Waals surface area contributed by atoms with Crippen LogP contribution in [0.4, 0.5) is 0 Å². The van der Waals surface area contributed by atoms with Gasteiger partial charge < -0.3 is 14.2 Å². The molecule has 0 fully saturated rings. The summed E-state index contributed by atoms with van der Waals surface area (Å²) < 4.78 is 19.3. The van der Waals surface area contributed by atoms with Crippen molar-refractivity contribution in [3.63, 3.8) is 0 Å². The summed E-state index contributed by atoms with van der Waals surface area (Å²) in [7, 11) is 3.29. The van der Waals surface area contributed by atoms with E-state index in [0.29, 0.717) is 12.5 Å². The Morgan fingerprint density at radius 3 is 2.88 bits per heavy atom. The van der Waals surface area contributed by atoms with Crippen LogP contribution < -0.4 is 14.2 Å². The molecule has 0 saturated heterocycles. The lowest BCUT2D eigenvalue weighted by atomic mass is 10.0. The van der Waals surface area contributed by atoms with E-state index in [1.54, 1.807) is 25.6 Å². The van der Waals surface area contributed by atoms with Gasteiger partial charge in [-0.3, -0.25) is 9.47 Å². The van der Waals surface area contributed by atoms with Gasteiger partial charge in [-0.15, -0.1) is 11.3 Å². The van der Waals surface area contributed by atoms with Crippen LogP contribution in [0.25, 0.3) is 16.4 Å². The van der Waals surface area contributed by atoms with Crippen LogP contribution in [0, 0.1) is 0 Å². The summed E-state index contributed by atoms with van der Waals surface area (Å²) in [5.41, 5.74) is 4.07. The summed E-state index contributed by atoms with van der Waals surface area (Å²) >= 11 is 1.63. The molecule has 32 heavy (non-hydrogen) atoms. The van der Waals surface area contributed by atoms with Crippen molar-refractivity contribution in [3.8, 4) is 33.8 Å². The second kappa shape index (κ2) is 9.02. The van der Waals surface area contributed by atoms with E-state index in [9.17, 15) is 0 Å². The van der Waals surface area contributed by atoms with E-state index >= 15 is 0 Å². The third kappa shape index (κ3) is 4.06. The molecule has 0 atom stereocenters. The molecule has 3 aromatic heterocycles. The number of fused-ring (bicyclic) bond motifs is 1. The number of pyridine rings is 1. The van der Waals surface area contributed by atoms with Crippen molar-refractivity contribution in [2.24, 2.45) is 0 Å². The molecule has 164 valence electrons. The van der Waals surface area contributed by atoms with Gasteiger partial charge in [0.15, 0.2) is 16.6 Å². The van der Waals surface area contributed by atoms with Crippen LogP contribution in [0.15, 0.2) is 60.2 Å². The molecule has 0 bridgehead atoms. The van der Waals surface area contributed by atoms with Gasteiger partial charge in [-0.2, -0.15) is 0 Å². The lowest BCUT2D eigenvalue weighted by molar-refractivity contribution is 0.214. The quantitative estimate of drug-likeness (QED) is 0.436. The second-order valence-electron chi connectivity index (χ2n) is 7.48. The monoisotopic (exact) mass is 448 g/mol. The van der Waals surface area contributed by atoms with Gasteiger partial charge in [0, 0.05) is 60.3 Å². The van der Waals surface area contributed by atoms with Gasteiger partial charge >= 0.3 is 0 Å². The molecule has 0 unspecified atom stereocenters. The largest absolute Gasteiger partial charge is 0.493 e. The molecular weight excluding hydrogens is 424 g/mol. The van der Waals surface area contributed by atoms with E-state index in [1.165, 1.54) is 5.69 Å². The average Bonchev–Trinajstić information content (AvgIpc) is 3.47. The van der Waals surface area contributed by atoms with Crippen LogP contribution in [-0.4, -0.2) is 46.8 Å². The topological polar surface area (TPSA) is 61.6 Å². The zero-order valence-corrected chi connectivity index (χ0v) is 18.8. The van der Waals surface area contributed by atoms with Gasteiger partial charge in [0.2, 0.25) is 5.88 Å². The van der Waals surface area contributed by atoms with Crippen LogP contribution in [0.5, 0.6) is 17.4 Å². The second-order valence-corrected chi connectivity index (χ2v) is 8.35. The van der Waals surface area contributed by atoms with Gasteiger partial charge in [0.05, 0.1) is 19.9 Å². The molecule has 0 N–H and O–H groups in total. The smallest absolute Gasteiger partial charge is 0.213 e. The highest BCUT2D eigenvalue weighted by Crippen LogP contribution is 2.38. The molecule has 7 nitrogen and oxygen atoms in total. The summed E-state index contributed by atoms with van der Waals surface area (Å²) in [6, 6.07) is 14.1. The maximum absolute atomic E-state index is 6.13. The minimum Gasteiger partial charge on any atom is -0.493 e. The molecule has 8 heteroatoms. The summed E-state index contributed by atoms with van der Waals surface area (Å²) in [5.74, 6) is 2.10. The van der Waals surface area contributed by atoms with Crippen molar-refractivity contribution in [1.29, 1.82) is 0 Å². The molecule has 0 saturated carbocycles. The van der Waals surface area contributed by atoms with E-state index in [-0.39, 0.29) is 0 Å². The molecule has 0 spiro atoms. The number of hydrogen-bond donors (Lipinski definition) is 0. The van der Waals surface area contributed by atoms with E-state index in [1.807, 2.05) is 35.8 Å². The zero-order valence-electron chi connectivity index (χ0n) is 18.0. The Kier molecular flexibility index (Phi) is 5.79. The highest BCUT2D eigenvalue weighted by atomic mass is 32.1. The number of hydrogen-bond acceptors (Lipinski definition) is 7. The third-order valence-electron chi connectivity index (χ3n) is 5.47. The van der Waals surface area contributed by atoms with E-state index in [2.05, 4.69) is 43.8 Å². The molecule has 4 aromatic rings. The van der Waals surface area contributed by atoms with Gasteiger partial charge in [-0.1, -0.05) is 6.07 Å². The standard InChI is InChI=1S/C24H24N4O3S/c1-29-21-14-17(20-6-3-7-22(26-20)30-2)13-18-15-27(10-11-31-23(18)21)16-19-5-4-9-28(19)24-25-8-12-32-24/h3-9,12-14H,10-11,15-16H2,1-2H3. The SMILES string of the molecule is COc1cccc(-c2cc3c(c(OC)c2)OCCN(Cc2cccn2-c2nccs2)C3)n1. The highest BCUT2D eigenvalue weighted by molar-refractivity contribution is 7.12. The highest BCUT2D eigenvalue weighted by Gasteiger charge is 2.22. The van der Waals surface area contributed by atoms with Crippen LogP contribution >= 0.6 is 11.3 Å². The first-order valence-electron chi connectivity index (χ1n) is 10.4. The van der Waals surface area contributed by atoms with Crippen molar-refractivity contribution in [3.05, 3.63) is 71.5 Å². The number of aromatic nitrogens is 3. The van der Waals surface area contributed by atoms with Crippen LogP contribution in [0.2, 0.25) is 0 Å². The van der Waals surface area contributed by atoms with Gasteiger partial charge in [-0.05, 0) is 30.3 Å². The molecule has 4 heterocycles. The predicted octanol–water partition coefficient (Wildman–Crippen LogP) is 4.41. The van der Waals surface area contributed by atoms with Crippen molar-refractivity contribution in [1.82, 2.24) is 19.4 Å². The van der Waals surface area contributed by atoms with Crippen molar-refractivity contribution >= 4 is 11.3 Å². The van der Waals surface area contributed by atoms with Crippen LogP contribution in [-0.2, 0) is 13.1 Å². The first-order valence-corrected chi connectivity index (χ1v) is 11.3. The Bertz CT molecular complexity index is 1210. The molecule has 0 aliphatic carbocycles. The average molecular weight is 449 g/mol. The number of methoxy groups -OCH3 is 2.